The van der Waals surface area contributed by atoms with Gasteiger partial charge in [-0.05, 0) is 127 Å². The van der Waals surface area contributed by atoms with E-state index in [9.17, 15) is 4.79 Å². The molecule has 5 nitrogen and oxygen atoms in total. The number of carbonyl (C=O) groups excluding carboxylic acids is 1. The van der Waals surface area contributed by atoms with Gasteiger partial charge in [-0.25, -0.2) is 9.48 Å². The molecule has 1 aliphatic carbocycles. The van der Waals surface area contributed by atoms with Gasteiger partial charge in [0, 0.05) is 17.6 Å². The second kappa shape index (κ2) is 13.5. The summed E-state index contributed by atoms with van der Waals surface area (Å²) < 4.78 is 28.2. The smallest absolute Gasteiger partial charge is 0.330 e. The third-order valence-corrected chi connectivity index (χ3v) is 9.51. The van der Waals surface area contributed by atoms with Gasteiger partial charge in [-0.1, -0.05) is 42.8 Å². The maximum absolute atomic E-state index is 15.5. The van der Waals surface area contributed by atoms with Crippen LogP contribution in [0.25, 0.3) is 28.1 Å². The molecule has 2 heterocycles. The van der Waals surface area contributed by atoms with E-state index in [2.05, 4.69) is 54.7 Å². The molecule has 1 unspecified atom stereocenters. The molecule has 7 heteroatoms. The van der Waals surface area contributed by atoms with Crippen molar-refractivity contribution in [3.05, 3.63) is 101 Å². The van der Waals surface area contributed by atoms with Crippen molar-refractivity contribution in [3.8, 4) is 0 Å². The van der Waals surface area contributed by atoms with Crippen LogP contribution in [0.15, 0.2) is 71.6 Å². The fraction of sp³-hybridized carbons (Fsp3) is 0.351. The van der Waals surface area contributed by atoms with Crippen LogP contribution < -0.4 is 0 Å². The van der Waals surface area contributed by atoms with E-state index in [1.165, 1.54) is 34.1 Å². The number of rotatable bonds is 9. The lowest BCUT2D eigenvalue weighted by Crippen LogP contribution is -2.19. The van der Waals surface area contributed by atoms with Gasteiger partial charge in [0.25, 0.3) is 0 Å². The molecule has 1 atom stereocenters. The predicted octanol–water partition coefficient (Wildman–Crippen LogP) is 9.24. The quantitative estimate of drug-likeness (QED) is 0.0818. The summed E-state index contributed by atoms with van der Waals surface area (Å²) in [5.74, 6) is -0.422. The molecular formula is C37H39FN2O3S. The van der Waals surface area contributed by atoms with E-state index in [1.807, 2.05) is 24.3 Å². The first kappa shape index (κ1) is 30.4. The average molecular weight is 611 g/mol. The fourth-order valence-corrected chi connectivity index (χ4v) is 6.81. The van der Waals surface area contributed by atoms with Crippen molar-refractivity contribution in [3.63, 3.8) is 0 Å². The third kappa shape index (κ3) is 6.26. The molecule has 0 bridgehead atoms. The van der Waals surface area contributed by atoms with Crippen molar-refractivity contribution in [2.45, 2.75) is 63.5 Å². The SMILES string of the molecule is CCOC(=O)C=Cc1ccc(C(=C(c2ccc(SC)cc2C)C2CCC2)c2ccc3c(c2)c(F)nn3C2CCCCO2)cc1. The van der Waals surface area contributed by atoms with Crippen molar-refractivity contribution in [2.24, 2.45) is 5.92 Å². The Bertz CT molecular complexity index is 1710. The minimum absolute atomic E-state index is 0.241. The molecular weight excluding hydrogens is 571 g/mol. The average Bonchev–Trinajstić information content (AvgIpc) is 3.35. The van der Waals surface area contributed by atoms with Crippen LogP contribution in [0, 0.1) is 18.8 Å². The number of halogens is 1. The molecule has 228 valence electrons. The molecule has 2 aliphatic rings. The number of carbonyl (C=O) groups is 1. The van der Waals surface area contributed by atoms with Crippen LogP contribution >= 0.6 is 11.8 Å². The molecule has 1 aliphatic heterocycles. The summed E-state index contributed by atoms with van der Waals surface area (Å²) in [4.78, 5) is 13.1. The topological polar surface area (TPSA) is 53.3 Å². The van der Waals surface area contributed by atoms with E-state index in [-0.39, 0.29) is 12.2 Å². The van der Waals surface area contributed by atoms with Gasteiger partial charge in [-0.15, -0.1) is 16.9 Å². The molecule has 1 saturated heterocycles. The Morgan fingerprint density at radius 2 is 1.84 bits per heavy atom. The van der Waals surface area contributed by atoms with Gasteiger partial charge in [0.05, 0.1) is 17.5 Å². The zero-order valence-corrected chi connectivity index (χ0v) is 26.5. The standard InChI is InChI=1S/C37H39FN2O3S/c1-4-42-34(41)20-13-25-11-14-27(15-12-25)35(36(26-8-7-9-26)30-18-17-29(44-3)22-24(30)2)28-16-19-32-31(23-28)37(38)39-40(32)33-10-5-6-21-43-33/h11-20,22-23,26,33H,4-10,21H2,1-3H3. The summed E-state index contributed by atoms with van der Waals surface area (Å²) in [6.45, 7) is 4.99. The molecule has 0 amide bonds. The van der Waals surface area contributed by atoms with Crippen LogP contribution in [-0.2, 0) is 14.3 Å². The fourth-order valence-electron chi connectivity index (χ4n) is 6.31. The Kier molecular flexibility index (Phi) is 9.33. The van der Waals surface area contributed by atoms with E-state index >= 15 is 4.39 Å². The Labute approximate surface area is 263 Å². The first-order chi connectivity index (χ1) is 21.5. The number of aromatic nitrogens is 2. The Balaban J connectivity index is 1.51. The highest BCUT2D eigenvalue weighted by atomic mass is 32.2. The minimum Gasteiger partial charge on any atom is -0.463 e. The maximum atomic E-state index is 15.5. The molecule has 4 aromatic rings. The van der Waals surface area contributed by atoms with Crippen LogP contribution in [0.2, 0.25) is 0 Å². The van der Waals surface area contributed by atoms with Gasteiger partial charge in [0.1, 0.15) is 0 Å². The van der Waals surface area contributed by atoms with Gasteiger partial charge >= 0.3 is 5.97 Å². The lowest BCUT2D eigenvalue weighted by Gasteiger charge is -2.32. The normalized spacial score (nSPS) is 18.0. The summed E-state index contributed by atoms with van der Waals surface area (Å²) in [5, 5.41) is 4.81. The second-order valence-electron chi connectivity index (χ2n) is 11.6. The number of esters is 1. The zero-order chi connectivity index (χ0) is 30.6. The third-order valence-electron chi connectivity index (χ3n) is 8.78. The summed E-state index contributed by atoms with van der Waals surface area (Å²) in [5.41, 5.74) is 8.56. The first-order valence-corrected chi connectivity index (χ1v) is 16.8. The highest BCUT2D eigenvalue weighted by Crippen LogP contribution is 2.46. The number of benzene rings is 3. The van der Waals surface area contributed by atoms with E-state index in [0.29, 0.717) is 24.5 Å². The van der Waals surface area contributed by atoms with Crippen molar-refractivity contribution in [1.29, 1.82) is 0 Å². The van der Waals surface area contributed by atoms with Crippen LogP contribution in [0.4, 0.5) is 4.39 Å². The van der Waals surface area contributed by atoms with E-state index in [1.54, 1.807) is 29.4 Å². The summed E-state index contributed by atoms with van der Waals surface area (Å²) >= 11 is 1.74. The lowest BCUT2D eigenvalue weighted by atomic mass is 9.72. The highest BCUT2D eigenvalue weighted by Gasteiger charge is 2.29. The van der Waals surface area contributed by atoms with E-state index in [4.69, 9.17) is 9.47 Å². The number of hydrogen-bond donors (Lipinski definition) is 0. The Hall–Kier alpha value is -3.68. The Morgan fingerprint density at radius 1 is 1.05 bits per heavy atom. The number of hydrogen-bond acceptors (Lipinski definition) is 5. The van der Waals surface area contributed by atoms with Gasteiger partial charge < -0.3 is 9.47 Å². The Morgan fingerprint density at radius 3 is 2.50 bits per heavy atom. The predicted molar refractivity (Wildman–Crippen MR) is 177 cm³/mol. The van der Waals surface area contributed by atoms with Crippen LogP contribution in [0.5, 0.6) is 0 Å². The van der Waals surface area contributed by atoms with Gasteiger partial charge in [0.15, 0.2) is 6.23 Å². The van der Waals surface area contributed by atoms with Gasteiger partial charge in [-0.3, -0.25) is 0 Å². The molecule has 3 aromatic carbocycles. The summed E-state index contributed by atoms with van der Waals surface area (Å²) in [6, 6.07) is 21.0. The van der Waals surface area contributed by atoms with Crippen LogP contribution in [0.3, 0.4) is 0 Å². The zero-order valence-electron chi connectivity index (χ0n) is 25.6. The van der Waals surface area contributed by atoms with Crippen molar-refractivity contribution >= 4 is 45.9 Å². The summed E-state index contributed by atoms with van der Waals surface area (Å²) in [6.07, 6.45) is 11.4. The largest absolute Gasteiger partial charge is 0.463 e. The maximum Gasteiger partial charge on any atom is 0.330 e. The van der Waals surface area contributed by atoms with Crippen molar-refractivity contribution < 1.29 is 18.7 Å². The van der Waals surface area contributed by atoms with Crippen molar-refractivity contribution in [2.75, 3.05) is 19.5 Å². The van der Waals surface area contributed by atoms with Crippen LogP contribution in [0.1, 0.15) is 79.5 Å². The molecule has 2 fully saturated rings. The van der Waals surface area contributed by atoms with Crippen LogP contribution in [-0.4, -0.2) is 35.2 Å². The molecule has 0 radical (unpaired) electrons. The summed E-state index contributed by atoms with van der Waals surface area (Å²) in [7, 11) is 0. The number of nitrogens with zero attached hydrogens (tertiary/aromatic N) is 2. The highest BCUT2D eigenvalue weighted by molar-refractivity contribution is 7.98. The number of ether oxygens (including phenoxy) is 2. The first-order valence-electron chi connectivity index (χ1n) is 15.6. The van der Waals surface area contributed by atoms with Gasteiger partial charge in [0.2, 0.25) is 5.95 Å². The molecule has 1 aromatic heterocycles. The number of aryl methyl sites for hydroxylation is 1. The van der Waals surface area contributed by atoms with E-state index in [0.717, 1.165) is 59.9 Å². The number of thioether (sulfide) groups is 1. The molecule has 44 heavy (non-hydrogen) atoms. The minimum atomic E-state index is -0.472. The van der Waals surface area contributed by atoms with Gasteiger partial charge in [-0.2, -0.15) is 4.39 Å². The monoisotopic (exact) mass is 610 g/mol. The molecule has 0 spiro atoms. The molecule has 6 rings (SSSR count). The number of allylic oxidation sites excluding steroid dienone is 1. The second-order valence-corrected chi connectivity index (χ2v) is 12.5. The van der Waals surface area contributed by atoms with E-state index < -0.39 is 5.95 Å². The number of fused-ring (bicyclic) bond motifs is 1. The van der Waals surface area contributed by atoms with Crippen molar-refractivity contribution in [1.82, 2.24) is 9.78 Å². The molecule has 1 saturated carbocycles. The lowest BCUT2D eigenvalue weighted by molar-refractivity contribution is -0.137. The molecule has 0 N–H and O–H groups in total.